The predicted molar refractivity (Wildman–Crippen MR) is 141 cm³/mol. The van der Waals surface area contributed by atoms with Crippen molar-refractivity contribution in [3.63, 3.8) is 0 Å². The van der Waals surface area contributed by atoms with E-state index in [0.29, 0.717) is 37.3 Å². The zero-order chi connectivity index (χ0) is 27.6. The van der Waals surface area contributed by atoms with Gasteiger partial charge in [-0.3, -0.25) is 4.79 Å². The molecule has 4 aromatic rings. The third-order valence-corrected chi connectivity index (χ3v) is 8.93. The van der Waals surface area contributed by atoms with Gasteiger partial charge in [-0.15, -0.1) is 3.97 Å². The summed E-state index contributed by atoms with van der Waals surface area (Å²) in [6.45, 7) is 1.47. The molecule has 0 aliphatic carbocycles. The average molecular weight is 578 g/mol. The monoisotopic (exact) mass is 577 g/mol. The molecular weight excluding hydrogens is 553 g/mol. The number of carbonyl (C=O) groups is 1. The number of morpholine rings is 1. The van der Waals surface area contributed by atoms with E-state index in [0.717, 1.165) is 27.9 Å². The van der Waals surface area contributed by atoms with Crippen LogP contribution in [0.5, 0.6) is 0 Å². The summed E-state index contributed by atoms with van der Waals surface area (Å²) < 4.78 is 73.7. The molecule has 1 amide bonds. The zero-order valence-corrected chi connectivity index (χ0v) is 22.1. The van der Waals surface area contributed by atoms with Crippen LogP contribution in [0, 0.1) is 0 Å². The van der Waals surface area contributed by atoms with Crippen LogP contribution in [0.2, 0.25) is 0 Å². The first-order valence-electron chi connectivity index (χ1n) is 11.9. The van der Waals surface area contributed by atoms with Crippen LogP contribution in [0.15, 0.2) is 82.8 Å². The lowest BCUT2D eigenvalue weighted by Gasteiger charge is -2.31. The molecule has 1 saturated heterocycles. The van der Waals surface area contributed by atoms with E-state index in [1.54, 1.807) is 47.4 Å². The van der Waals surface area contributed by atoms with E-state index >= 15 is 0 Å². The highest BCUT2D eigenvalue weighted by Crippen LogP contribution is 2.36. The van der Waals surface area contributed by atoms with Gasteiger partial charge >= 0.3 is 21.4 Å². The van der Waals surface area contributed by atoms with Crippen molar-refractivity contribution in [3.8, 4) is 0 Å². The minimum atomic E-state index is -4.53. The van der Waals surface area contributed by atoms with Crippen LogP contribution in [0.4, 0.5) is 24.5 Å². The first kappa shape index (κ1) is 27.0. The maximum Gasteiger partial charge on any atom is 0.416 e. The number of imidazole rings is 1. The maximum atomic E-state index is 13.5. The summed E-state index contributed by atoms with van der Waals surface area (Å²) in [4.78, 5) is 17.9. The van der Waals surface area contributed by atoms with Crippen molar-refractivity contribution in [2.45, 2.75) is 16.2 Å². The highest BCUT2D eigenvalue weighted by molar-refractivity contribution is 8.00. The smallest absolute Gasteiger partial charge is 0.378 e. The molecule has 0 spiro atoms. The number of aromatic nitrogens is 2. The minimum Gasteiger partial charge on any atom is -0.378 e. The fourth-order valence-electron chi connectivity index (χ4n) is 4.26. The molecule has 8 nitrogen and oxygen atoms in total. The number of hydrogen-bond donors (Lipinski definition) is 2. The highest BCUT2D eigenvalue weighted by Gasteiger charge is 2.33. The number of amides is 1. The van der Waals surface area contributed by atoms with Gasteiger partial charge in [0, 0.05) is 13.1 Å². The molecule has 39 heavy (non-hydrogen) atoms. The second kappa shape index (κ2) is 10.9. The predicted octanol–water partition coefficient (Wildman–Crippen LogP) is 4.28. The van der Waals surface area contributed by atoms with E-state index in [1.807, 2.05) is 0 Å². The van der Waals surface area contributed by atoms with Crippen LogP contribution >= 0.6 is 11.8 Å². The molecule has 0 radical (unpaired) electrons. The Labute approximate surface area is 226 Å². The Bertz CT molecular complexity index is 1600. The number of nitrogens with one attached hydrogen (secondary N) is 2. The first-order valence-corrected chi connectivity index (χ1v) is 14.4. The van der Waals surface area contributed by atoms with Crippen LogP contribution in [0.1, 0.15) is 5.56 Å². The number of benzene rings is 3. The second-order valence-electron chi connectivity index (χ2n) is 8.70. The van der Waals surface area contributed by atoms with E-state index < -0.39 is 27.7 Å². The number of fused-ring (bicyclic) bond motifs is 1. The Kier molecular flexibility index (Phi) is 7.56. The van der Waals surface area contributed by atoms with Gasteiger partial charge in [-0.05, 0) is 54.2 Å². The Hall–Kier alpha value is -3.55. The summed E-state index contributed by atoms with van der Waals surface area (Å²) >= 11 is 0.973. The number of para-hydroxylation sites is 2. The number of hydrogen-bond acceptors (Lipinski definition) is 6. The number of alkyl halides is 3. The number of rotatable bonds is 7. The lowest BCUT2D eigenvalue weighted by Crippen LogP contribution is -2.44. The molecule has 0 bridgehead atoms. The number of nitrogens with zero attached hydrogens (tertiary/aromatic N) is 2. The van der Waals surface area contributed by atoms with Crippen molar-refractivity contribution in [2.75, 3.05) is 42.3 Å². The van der Waals surface area contributed by atoms with Crippen molar-refractivity contribution in [1.29, 1.82) is 0 Å². The van der Waals surface area contributed by atoms with Crippen molar-refractivity contribution < 1.29 is 35.1 Å². The number of halogens is 3. The average Bonchev–Trinajstić information content (AvgIpc) is 3.32. The Balaban J connectivity index is 1.41. The summed E-state index contributed by atoms with van der Waals surface area (Å²) in [7, 11) is -3.99. The van der Waals surface area contributed by atoms with Gasteiger partial charge in [0.2, 0.25) is 5.91 Å². The van der Waals surface area contributed by atoms with Crippen LogP contribution in [-0.2, 0) is 25.7 Å². The normalized spacial score (nSPS) is 14.5. The number of thioether (sulfide) groups is 1. The summed E-state index contributed by atoms with van der Waals surface area (Å²) in [5, 5.41) is 2.92. The standard InChI is InChI=1S/C26H23F3N4O4S2/c27-26(28,29)18-10-11-21(23(16-18)32-12-14-37-15-13-32)30-24(34)17-38-25-31-20-8-4-5-9-22(20)33(25)39(35,36)19-6-2-1-3-7-19/h1-11,16H,12-15,17H2,(H,30,34)/p+1. The molecule has 13 heteroatoms. The zero-order valence-electron chi connectivity index (χ0n) is 20.4. The van der Waals surface area contributed by atoms with Crippen LogP contribution < -0.4 is 14.2 Å². The first-order chi connectivity index (χ1) is 18.6. The summed E-state index contributed by atoms with van der Waals surface area (Å²) in [6.07, 6.45) is -4.53. The molecule has 1 aromatic heterocycles. The third-order valence-electron chi connectivity index (χ3n) is 6.12. The molecular formula is C26H24F3N4O4S2+. The number of anilines is 2. The SMILES string of the molecule is O=C(CSc1[nH]c2ccccc2[n+]1S(=O)(=O)c1ccccc1)Nc1ccc(C(F)(F)F)cc1N1CCOCC1. The molecule has 0 atom stereocenters. The van der Waals surface area contributed by atoms with Crippen LogP contribution in [0.3, 0.4) is 0 Å². The van der Waals surface area contributed by atoms with E-state index in [1.165, 1.54) is 18.2 Å². The minimum absolute atomic E-state index is 0.0889. The summed E-state index contributed by atoms with van der Waals surface area (Å²) in [5.74, 6) is -0.697. The number of ether oxygens (including phenoxy) is 1. The topological polar surface area (TPSA) is 95.4 Å². The van der Waals surface area contributed by atoms with Gasteiger partial charge in [0.1, 0.15) is 4.90 Å². The van der Waals surface area contributed by atoms with E-state index in [4.69, 9.17) is 4.74 Å². The van der Waals surface area contributed by atoms with E-state index in [9.17, 15) is 26.4 Å². The molecule has 3 aromatic carbocycles. The summed E-state index contributed by atoms with van der Waals surface area (Å²) in [6, 6.07) is 18.0. The summed E-state index contributed by atoms with van der Waals surface area (Å²) in [5.41, 5.74) is 0.649. The molecule has 5 rings (SSSR count). The maximum absolute atomic E-state index is 13.5. The van der Waals surface area contributed by atoms with Crippen LogP contribution in [0.25, 0.3) is 11.0 Å². The van der Waals surface area contributed by atoms with Crippen molar-refractivity contribution in [1.82, 2.24) is 4.98 Å². The Morgan fingerprint density at radius 3 is 2.44 bits per heavy atom. The van der Waals surface area contributed by atoms with Gasteiger partial charge in [0.15, 0.2) is 11.0 Å². The number of aromatic amines is 1. The molecule has 2 heterocycles. The van der Waals surface area contributed by atoms with Gasteiger partial charge in [-0.2, -0.15) is 21.6 Å². The number of H-pyrrole nitrogens is 1. The van der Waals surface area contributed by atoms with E-state index in [2.05, 4.69) is 10.3 Å². The Morgan fingerprint density at radius 2 is 1.72 bits per heavy atom. The molecule has 204 valence electrons. The number of carbonyl (C=O) groups excluding carboxylic acids is 1. The quantitative estimate of drug-likeness (QED) is 0.252. The fraction of sp³-hybridized carbons (Fsp3) is 0.231. The van der Waals surface area contributed by atoms with Crippen molar-refractivity contribution in [3.05, 3.63) is 78.4 Å². The molecule has 1 aliphatic rings. The highest BCUT2D eigenvalue weighted by atomic mass is 32.2. The lowest BCUT2D eigenvalue weighted by molar-refractivity contribution is -0.526. The molecule has 2 N–H and O–H groups in total. The second-order valence-corrected chi connectivity index (χ2v) is 11.4. The van der Waals surface area contributed by atoms with Gasteiger partial charge in [0.05, 0.1) is 35.9 Å². The third kappa shape index (κ3) is 5.75. The molecule has 1 fully saturated rings. The van der Waals surface area contributed by atoms with Gasteiger partial charge in [-0.1, -0.05) is 30.3 Å². The molecule has 0 saturated carbocycles. The molecule has 0 unspecified atom stereocenters. The van der Waals surface area contributed by atoms with E-state index in [-0.39, 0.29) is 27.2 Å². The Morgan fingerprint density at radius 1 is 1.03 bits per heavy atom. The van der Waals surface area contributed by atoms with Crippen LogP contribution in [-0.4, -0.2) is 51.4 Å². The van der Waals surface area contributed by atoms with Crippen molar-refractivity contribution in [2.24, 2.45) is 0 Å². The van der Waals surface area contributed by atoms with Gasteiger partial charge in [-0.25, -0.2) is 4.98 Å². The van der Waals surface area contributed by atoms with Gasteiger partial charge < -0.3 is 15.0 Å². The molecule has 1 aliphatic heterocycles. The van der Waals surface area contributed by atoms with Gasteiger partial charge in [0.25, 0.3) is 0 Å². The largest absolute Gasteiger partial charge is 0.416 e. The fourth-order valence-corrected chi connectivity index (χ4v) is 6.85. The van der Waals surface area contributed by atoms with Crippen molar-refractivity contribution >= 4 is 50.1 Å². The lowest BCUT2D eigenvalue weighted by atomic mass is 10.1.